The number of rotatable bonds is 7. The molecular formula is C15H22BN2O3. The number of esters is 1. The number of hydrogen-bond acceptors (Lipinski definition) is 5. The van der Waals surface area contributed by atoms with Gasteiger partial charge < -0.3 is 20.5 Å². The highest BCUT2D eigenvalue weighted by molar-refractivity contribution is 6.64. The second-order valence-corrected chi connectivity index (χ2v) is 5.86. The number of para-hydroxylation sites is 1. The lowest BCUT2D eigenvalue weighted by molar-refractivity contribution is -0.155. The molecule has 1 rings (SSSR count). The highest BCUT2D eigenvalue weighted by atomic mass is 16.6. The Bertz CT molecular complexity index is 486. The van der Waals surface area contributed by atoms with Crippen molar-refractivity contribution in [3.05, 3.63) is 29.8 Å². The third-order valence-electron chi connectivity index (χ3n) is 2.75. The Hall–Kier alpha value is -1.82. The molecule has 0 heterocycles. The topological polar surface area (TPSA) is 81.4 Å². The fourth-order valence-corrected chi connectivity index (χ4v) is 1.94. The highest BCUT2D eigenvalue weighted by Crippen LogP contribution is 2.15. The molecule has 0 saturated heterocycles. The number of nitrogens with two attached hydrogens (primary N) is 1. The average Bonchev–Trinajstić information content (AvgIpc) is 2.36. The van der Waals surface area contributed by atoms with Gasteiger partial charge in [0, 0.05) is 11.7 Å². The fourth-order valence-electron chi connectivity index (χ4n) is 1.94. The first-order valence-corrected chi connectivity index (χ1v) is 6.90. The summed E-state index contributed by atoms with van der Waals surface area (Å²) < 4.78 is 5.30. The molecule has 0 aromatic heterocycles. The van der Waals surface area contributed by atoms with Crippen molar-refractivity contribution < 1.29 is 14.3 Å². The molecule has 0 amide bonds. The van der Waals surface area contributed by atoms with Gasteiger partial charge >= 0.3 is 5.97 Å². The molecule has 0 aliphatic heterocycles. The summed E-state index contributed by atoms with van der Waals surface area (Å²) in [7, 11) is 1.29. The van der Waals surface area contributed by atoms with Crippen LogP contribution in [0.2, 0.25) is 0 Å². The maximum atomic E-state index is 11.9. The Labute approximate surface area is 126 Å². The molecule has 3 N–H and O–H groups in total. The first kappa shape index (κ1) is 17.2. The van der Waals surface area contributed by atoms with Gasteiger partial charge in [-0.05, 0) is 38.8 Å². The average molecular weight is 289 g/mol. The van der Waals surface area contributed by atoms with Crippen LogP contribution in [0.25, 0.3) is 0 Å². The summed E-state index contributed by atoms with van der Waals surface area (Å²) in [6.07, 6.45) is 1.35. The van der Waals surface area contributed by atoms with Crippen LogP contribution in [0.15, 0.2) is 24.3 Å². The lowest BCUT2D eigenvalue weighted by Gasteiger charge is -2.23. The van der Waals surface area contributed by atoms with Crippen LogP contribution >= 0.6 is 0 Å². The number of anilines is 1. The Morgan fingerprint density at radius 2 is 2.10 bits per heavy atom. The van der Waals surface area contributed by atoms with Gasteiger partial charge in [-0.3, -0.25) is 4.79 Å². The molecule has 0 saturated carbocycles. The van der Waals surface area contributed by atoms with Gasteiger partial charge in [-0.15, -0.1) is 0 Å². The molecular weight excluding hydrogens is 267 g/mol. The van der Waals surface area contributed by atoms with Crippen LogP contribution in [0, 0.1) is 0 Å². The minimum atomic E-state index is -0.526. The quantitative estimate of drug-likeness (QED) is 0.342. The number of hydrogen-bond donors (Lipinski definition) is 2. The summed E-state index contributed by atoms with van der Waals surface area (Å²) in [4.78, 5) is 22.4. The largest absolute Gasteiger partial charge is 0.460 e. The van der Waals surface area contributed by atoms with Crippen LogP contribution in [-0.2, 0) is 20.7 Å². The molecule has 0 fully saturated rings. The molecule has 0 spiro atoms. The number of carbonyl (C=O) groups is 2. The molecule has 113 valence electrons. The van der Waals surface area contributed by atoms with Gasteiger partial charge in [0.2, 0.25) is 0 Å². The Morgan fingerprint density at radius 3 is 2.67 bits per heavy atom. The van der Waals surface area contributed by atoms with Gasteiger partial charge in [0.1, 0.15) is 5.60 Å². The van der Waals surface area contributed by atoms with Crippen LogP contribution in [0.4, 0.5) is 5.69 Å². The van der Waals surface area contributed by atoms with Gasteiger partial charge in [0.05, 0.1) is 12.6 Å². The Kier molecular flexibility index (Phi) is 6.43. The Morgan fingerprint density at radius 1 is 1.43 bits per heavy atom. The van der Waals surface area contributed by atoms with Crippen LogP contribution < -0.4 is 11.0 Å². The number of ether oxygens (including phenoxy) is 1. The molecule has 5 nitrogen and oxygen atoms in total. The standard InChI is InChI=1S/C15H22BN2O3/c1-15(2,3)21-14(20)9-12(18-16-10-19)8-11-6-4-5-7-13(11)17/h4-7,10,12,18H,8-9,17H2,1-3H3/t12-/m0/s1. The molecule has 0 bridgehead atoms. The predicted molar refractivity (Wildman–Crippen MR) is 84.4 cm³/mol. The van der Waals surface area contributed by atoms with E-state index in [1.54, 1.807) is 0 Å². The van der Waals surface area contributed by atoms with Crippen molar-refractivity contribution in [1.29, 1.82) is 0 Å². The molecule has 0 aliphatic rings. The van der Waals surface area contributed by atoms with Gasteiger partial charge in [-0.2, -0.15) is 0 Å². The predicted octanol–water partition coefficient (Wildman–Crippen LogP) is 1.31. The first-order valence-electron chi connectivity index (χ1n) is 6.90. The zero-order valence-electron chi connectivity index (χ0n) is 12.8. The lowest BCUT2D eigenvalue weighted by Crippen LogP contribution is -2.38. The number of carbonyl (C=O) groups excluding carboxylic acids is 2. The van der Waals surface area contributed by atoms with Gasteiger partial charge in [-0.1, -0.05) is 18.2 Å². The SMILES string of the molecule is CC(C)(C)OC(=O)C[C@H](Cc1ccccc1N)N[B]C=O. The second kappa shape index (κ2) is 7.83. The number of nitrogens with one attached hydrogen (secondary N) is 1. The van der Waals surface area contributed by atoms with Gasteiger partial charge in [0.15, 0.2) is 0 Å². The van der Waals surface area contributed by atoms with Crippen molar-refractivity contribution in [2.75, 3.05) is 5.73 Å². The lowest BCUT2D eigenvalue weighted by atomic mass is 9.92. The highest BCUT2D eigenvalue weighted by Gasteiger charge is 2.21. The summed E-state index contributed by atoms with van der Waals surface area (Å²) in [6, 6.07) is 7.21. The van der Waals surface area contributed by atoms with Crippen molar-refractivity contribution in [2.24, 2.45) is 0 Å². The summed E-state index contributed by atoms with van der Waals surface area (Å²) >= 11 is 0. The van der Waals surface area contributed by atoms with E-state index in [0.717, 1.165) is 5.56 Å². The Balaban J connectivity index is 2.69. The van der Waals surface area contributed by atoms with E-state index < -0.39 is 5.60 Å². The molecule has 1 aromatic rings. The van der Waals surface area contributed by atoms with Crippen molar-refractivity contribution in [3.63, 3.8) is 0 Å². The van der Waals surface area contributed by atoms with Crippen LogP contribution in [0.1, 0.15) is 32.8 Å². The van der Waals surface area contributed by atoms with Crippen molar-refractivity contribution in [2.45, 2.75) is 45.3 Å². The molecule has 1 aromatic carbocycles. The molecule has 1 atom stereocenters. The molecule has 21 heavy (non-hydrogen) atoms. The first-order chi connectivity index (χ1) is 9.81. The van der Waals surface area contributed by atoms with E-state index in [0.29, 0.717) is 18.3 Å². The summed E-state index contributed by atoms with van der Waals surface area (Å²) in [6.45, 7) is 5.46. The van der Waals surface area contributed by atoms with E-state index in [4.69, 9.17) is 10.5 Å². The molecule has 0 aliphatic carbocycles. The molecule has 6 heteroatoms. The summed E-state index contributed by atoms with van der Waals surface area (Å²) in [5.41, 5.74) is 6.98. The maximum Gasteiger partial charge on any atom is 0.307 e. The van der Waals surface area contributed by atoms with E-state index in [1.165, 1.54) is 7.41 Å². The number of nitrogen functional groups attached to an aromatic ring is 1. The minimum absolute atomic E-state index is 0.163. The van der Waals surface area contributed by atoms with E-state index in [-0.39, 0.29) is 18.4 Å². The van der Waals surface area contributed by atoms with Gasteiger partial charge in [-0.25, -0.2) is 0 Å². The smallest absolute Gasteiger partial charge is 0.307 e. The fraction of sp³-hybridized carbons (Fsp3) is 0.467. The zero-order chi connectivity index (χ0) is 15.9. The summed E-state index contributed by atoms with van der Waals surface area (Å²) in [5, 5.41) is 2.91. The zero-order valence-corrected chi connectivity index (χ0v) is 12.8. The van der Waals surface area contributed by atoms with Crippen LogP contribution in [0.5, 0.6) is 0 Å². The maximum absolute atomic E-state index is 11.9. The summed E-state index contributed by atoms with van der Waals surface area (Å²) in [5.74, 6) is -0.311. The van der Waals surface area contributed by atoms with Crippen LogP contribution in [0.3, 0.4) is 0 Å². The van der Waals surface area contributed by atoms with E-state index in [1.807, 2.05) is 45.0 Å². The normalized spacial score (nSPS) is 12.5. The second-order valence-electron chi connectivity index (χ2n) is 5.86. The van der Waals surface area contributed by atoms with E-state index >= 15 is 0 Å². The van der Waals surface area contributed by atoms with Crippen LogP contribution in [-0.4, -0.2) is 31.2 Å². The minimum Gasteiger partial charge on any atom is -0.460 e. The molecule has 0 unspecified atom stereocenters. The van der Waals surface area contributed by atoms with Crippen molar-refractivity contribution in [3.8, 4) is 0 Å². The monoisotopic (exact) mass is 289 g/mol. The van der Waals surface area contributed by atoms with Crippen molar-refractivity contribution in [1.82, 2.24) is 5.23 Å². The van der Waals surface area contributed by atoms with Gasteiger partial charge in [0.25, 0.3) is 7.41 Å². The third-order valence-corrected chi connectivity index (χ3v) is 2.75. The van der Waals surface area contributed by atoms with Crippen molar-refractivity contribution >= 4 is 25.3 Å². The van der Waals surface area contributed by atoms with E-state index in [9.17, 15) is 9.59 Å². The van der Waals surface area contributed by atoms with E-state index in [2.05, 4.69) is 5.23 Å². The third kappa shape index (κ3) is 6.95. The number of benzene rings is 1. The molecule has 1 radical (unpaired) electrons.